The number of fused-ring (bicyclic) bond motifs is 1. The Kier molecular flexibility index (Phi) is 4.93. The van der Waals surface area contributed by atoms with Gasteiger partial charge in [-0.3, -0.25) is 4.79 Å². The van der Waals surface area contributed by atoms with Crippen molar-refractivity contribution in [3.63, 3.8) is 0 Å². The van der Waals surface area contributed by atoms with Gasteiger partial charge in [-0.05, 0) is 23.8 Å². The molecule has 0 fully saturated rings. The standard InChI is InChI=1S/C17H15FN2OS2/c1-20-14-8-7-13(18)9-15(14)23-17(20)19-16(21)11-22-10-12-5-3-2-4-6-12/h2-9H,10-11H2,1H3. The van der Waals surface area contributed by atoms with Crippen molar-refractivity contribution in [2.75, 3.05) is 5.75 Å². The van der Waals surface area contributed by atoms with E-state index in [0.717, 1.165) is 16.0 Å². The third-order valence-electron chi connectivity index (χ3n) is 3.33. The van der Waals surface area contributed by atoms with Gasteiger partial charge < -0.3 is 4.57 Å². The molecule has 1 heterocycles. The van der Waals surface area contributed by atoms with Crippen LogP contribution in [0.15, 0.2) is 53.5 Å². The van der Waals surface area contributed by atoms with Crippen molar-refractivity contribution < 1.29 is 9.18 Å². The number of hydrogen-bond acceptors (Lipinski definition) is 3. The molecule has 0 aliphatic rings. The van der Waals surface area contributed by atoms with E-state index in [4.69, 9.17) is 0 Å². The number of amides is 1. The Morgan fingerprint density at radius 1 is 1.26 bits per heavy atom. The van der Waals surface area contributed by atoms with Crippen LogP contribution in [0.5, 0.6) is 0 Å². The van der Waals surface area contributed by atoms with Gasteiger partial charge in [0.2, 0.25) is 0 Å². The molecule has 0 bridgehead atoms. The first-order valence-corrected chi connectivity index (χ1v) is 9.05. The summed E-state index contributed by atoms with van der Waals surface area (Å²) in [6.07, 6.45) is 0. The summed E-state index contributed by atoms with van der Waals surface area (Å²) in [4.78, 5) is 16.8. The molecule has 0 atom stereocenters. The number of carbonyl (C=O) groups is 1. The fourth-order valence-corrected chi connectivity index (χ4v) is 4.01. The minimum atomic E-state index is -0.282. The number of thioether (sulfide) groups is 1. The second-order valence-electron chi connectivity index (χ2n) is 5.04. The fourth-order valence-electron chi connectivity index (χ4n) is 2.18. The van der Waals surface area contributed by atoms with Crippen LogP contribution in [-0.2, 0) is 17.6 Å². The molecule has 0 radical (unpaired) electrons. The van der Waals surface area contributed by atoms with Crippen LogP contribution >= 0.6 is 23.1 Å². The Balaban J connectivity index is 1.71. The maximum absolute atomic E-state index is 13.3. The highest BCUT2D eigenvalue weighted by Crippen LogP contribution is 2.17. The summed E-state index contributed by atoms with van der Waals surface area (Å²) in [5.41, 5.74) is 2.06. The number of nitrogens with zero attached hydrogens (tertiary/aromatic N) is 2. The van der Waals surface area contributed by atoms with Gasteiger partial charge in [0.05, 0.1) is 16.0 Å². The lowest BCUT2D eigenvalue weighted by Crippen LogP contribution is -2.14. The van der Waals surface area contributed by atoms with Crippen LogP contribution in [0.4, 0.5) is 4.39 Å². The number of carbonyl (C=O) groups excluding carboxylic acids is 1. The van der Waals surface area contributed by atoms with Crippen molar-refractivity contribution in [3.8, 4) is 0 Å². The molecule has 0 aliphatic carbocycles. The molecule has 1 amide bonds. The number of thiazole rings is 1. The van der Waals surface area contributed by atoms with Crippen LogP contribution in [0.1, 0.15) is 5.56 Å². The van der Waals surface area contributed by atoms with Crippen molar-refractivity contribution in [1.82, 2.24) is 4.57 Å². The molecule has 0 saturated carbocycles. The van der Waals surface area contributed by atoms with Gasteiger partial charge in [0.25, 0.3) is 5.91 Å². The number of hydrogen-bond donors (Lipinski definition) is 0. The summed E-state index contributed by atoms with van der Waals surface area (Å²) >= 11 is 2.86. The molecule has 0 spiro atoms. The number of halogens is 1. The van der Waals surface area contributed by atoms with Crippen LogP contribution in [0.25, 0.3) is 10.2 Å². The molecule has 0 N–H and O–H groups in total. The molecule has 6 heteroatoms. The van der Waals surface area contributed by atoms with Crippen molar-refractivity contribution in [2.45, 2.75) is 5.75 Å². The largest absolute Gasteiger partial charge is 0.319 e. The lowest BCUT2D eigenvalue weighted by Gasteiger charge is -1.99. The van der Waals surface area contributed by atoms with Gasteiger partial charge in [0.15, 0.2) is 4.80 Å². The van der Waals surface area contributed by atoms with E-state index in [1.54, 1.807) is 17.8 Å². The number of rotatable bonds is 4. The molecule has 0 unspecified atom stereocenters. The van der Waals surface area contributed by atoms with Crippen molar-refractivity contribution >= 4 is 39.2 Å². The first-order chi connectivity index (χ1) is 11.1. The van der Waals surface area contributed by atoms with Gasteiger partial charge >= 0.3 is 0 Å². The van der Waals surface area contributed by atoms with Crippen LogP contribution in [0, 0.1) is 5.82 Å². The van der Waals surface area contributed by atoms with Crippen LogP contribution in [0.2, 0.25) is 0 Å². The molecular formula is C17H15FN2OS2. The summed E-state index contributed by atoms with van der Waals surface area (Å²) in [6, 6.07) is 14.6. The molecule has 118 valence electrons. The maximum atomic E-state index is 13.3. The Morgan fingerprint density at radius 2 is 2.04 bits per heavy atom. The van der Waals surface area contributed by atoms with E-state index in [2.05, 4.69) is 4.99 Å². The van der Waals surface area contributed by atoms with Gasteiger partial charge in [-0.25, -0.2) is 4.39 Å². The number of aromatic nitrogens is 1. The molecule has 0 aliphatic heterocycles. The Hall–Kier alpha value is -1.92. The molecule has 23 heavy (non-hydrogen) atoms. The number of benzene rings is 2. The summed E-state index contributed by atoms with van der Waals surface area (Å²) in [6.45, 7) is 0. The Bertz CT molecular complexity index is 900. The zero-order chi connectivity index (χ0) is 16.2. The maximum Gasteiger partial charge on any atom is 0.258 e. The zero-order valence-electron chi connectivity index (χ0n) is 12.5. The summed E-state index contributed by atoms with van der Waals surface area (Å²) in [7, 11) is 1.83. The third kappa shape index (κ3) is 3.89. The molecular weight excluding hydrogens is 331 g/mol. The SMILES string of the molecule is Cn1c(=NC(=O)CSCc2ccccc2)sc2cc(F)ccc21. The summed E-state index contributed by atoms with van der Waals surface area (Å²) < 4.78 is 15.9. The molecule has 3 rings (SSSR count). The monoisotopic (exact) mass is 346 g/mol. The quantitative estimate of drug-likeness (QED) is 0.721. The first-order valence-electron chi connectivity index (χ1n) is 7.08. The van der Waals surface area contributed by atoms with Gasteiger partial charge in [-0.2, -0.15) is 4.99 Å². The predicted octanol–water partition coefficient (Wildman–Crippen LogP) is 3.74. The Morgan fingerprint density at radius 3 is 2.83 bits per heavy atom. The zero-order valence-corrected chi connectivity index (χ0v) is 14.2. The predicted molar refractivity (Wildman–Crippen MR) is 93.9 cm³/mol. The third-order valence-corrected chi connectivity index (χ3v) is 5.41. The average Bonchev–Trinajstić information content (AvgIpc) is 2.83. The van der Waals surface area contributed by atoms with E-state index in [9.17, 15) is 9.18 Å². The average molecular weight is 346 g/mol. The summed E-state index contributed by atoms with van der Waals surface area (Å²) in [5, 5.41) is 0. The van der Waals surface area contributed by atoms with Gasteiger partial charge in [-0.15, -0.1) is 11.8 Å². The van der Waals surface area contributed by atoms with E-state index in [0.29, 0.717) is 10.6 Å². The topological polar surface area (TPSA) is 34.4 Å². The van der Waals surface area contributed by atoms with Crippen molar-refractivity contribution in [2.24, 2.45) is 12.0 Å². The second-order valence-corrected chi connectivity index (χ2v) is 7.03. The highest BCUT2D eigenvalue weighted by Gasteiger charge is 2.06. The summed E-state index contributed by atoms with van der Waals surface area (Å²) in [5.74, 6) is 0.660. The molecule has 3 aromatic rings. The molecule has 1 aromatic heterocycles. The van der Waals surface area contributed by atoms with Crippen LogP contribution in [-0.4, -0.2) is 16.2 Å². The van der Waals surface area contributed by atoms with Gasteiger partial charge in [-0.1, -0.05) is 41.7 Å². The van der Waals surface area contributed by atoms with E-state index in [-0.39, 0.29) is 11.7 Å². The molecule has 3 nitrogen and oxygen atoms in total. The smallest absolute Gasteiger partial charge is 0.258 e. The van der Waals surface area contributed by atoms with E-state index in [1.807, 2.05) is 41.9 Å². The molecule has 0 saturated heterocycles. The normalized spacial score (nSPS) is 12.0. The minimum absolute atomic E-state index is 0.173. The van der Waals surface area contributed by atoms with E-state index >= 15 is 0 Å². The van der Waals surface area contributed by atoms with E-state index in [1.165, 1.54) is 29.0 Å². The van der Waals surface area contributed by atoms with Crippen molar-refractivity contribution in [1.29, 1.82) is 0 Å². The number of aryl methyl sites for hydroxylation is 1. The first kappa shape index (κ1) is 16.0. The second kappa shape index (κ2) is 7.10. The highest BCUT2D eigenvalue weighted by atomic mass is 32.2. The fraction of sp³-hybridized carbons (Fsp3) is 0.176. The van der Waals surface area contributed by atoms with Gasteiger partial charge in [0.1, 0.15) is 5.82 Å². The highest BCUT2D eigenvalue weighted by molar-refractivity contribution is 7.99. The van der Waals surface area contributed by atoms with Crippen molar-refractivity contribution in [3.05, 3.63) is 64.7 Å². The van der Waals surface area contributed by atoms with E-state index < -0.39 is 0 Å². The molecule has 2 aromatic carbocycles. The van der Waals surface area contributed by atoms with Crippen LogP contribution < -0.4 is 4.80 Å². The lowest BCUT2D eigenvalue weighted by atomic mass is 10.2. The lowest BCUT2D eigenvalue weighted by molar-refractivity contribution is -0.115. The van der Waals surface area contributed by atoms with Crippen LogP contribution in [0.3, 0.4) is 0 Å². The minimum Gasteiger partial charge on any atom is -0.319 e. The van der Waals surface area contributed by atoms with Gasteiger partial charge in [0, 0.05) is 12.8 Å². The Labute approximate surface area is 141 Å².